The van der Waals surface area contributed by atoms with Gasteiger partial charge >= 0.3 is 0 Å². The molecule has 0 aliphatic carbocycles. The number of hydrogen-bond donors (Lipinski definition) is 0. The molecule has 0 fully saturated rings. The first-order valence-corrected chi connectivity index (χ1v) is 4.82. The minimum atomic E-state index is 0.302. The van der Waals surface area contributed by atoms with Crippen LogP contribution in [0, 0.1) is 0 Å². The first-order chi connectivity index (χ1) is 6.74. The van der Waals surface area contributed by atoms with E-state index in [-0.39, 0.29) is 0 Å². The van der Waals surface area contributed by atoms with Crippen molar-refractivity contribution in [2.45, 2.75) is 13.8 Å². The van der Waals surface area contributed by atoms with Gasteiger partial charge in [-0.3, -0.25) is 0 Å². The minimum absolute atomic E-state index is 0.302. The van der Waals surface area contributed by atoms with Crippen LogP contribution < -0.4 is 0 Å². The van der Waals surface area contributed by atoms with Gasteiger partial charge in [-0.05, 0) is 25.3 Å². The lowest BCUT2D eigenvalue weighted by atomic mass is 10.3. The normalized spacial score (nSPS) is 12.4. The van der Waals surface area contributed by atoms with E-state index in [1.807, 2.05) is 24.4 Å². The summed E-state index contributed by atoms with van der Waals surface area (Å²) in [6.07, 6.45) is 1.40. The zero-order chi connectivity index (χ0) is 10.4. The molecule has 1 aromatic rings. The monoisotopic (exact) mass is 207 g/mol. The van der Waals surface area contributed by atoms with Crippen molar-refractivity contribution in [2.75, 3.05) is 0 Å². The second-order valence-corrected chi connectivity index (χ2v) is 3.46. The third kappa shape index (κ3) is 3.05. The molecule has 0 radical (unpaired) electrons. The summed E-state index contributed by atoms with van der Waals surface area (Å²) < 4.78 is 0. The van der Waals surface area contributed by atoms with Crippen LogP contribution in [0.15, 0.2) is 32.7 Å². The van der Waals surface area contributed by atoms with Gasteiger partial charge in [-0.25, -0.2) is 4.79 Å². The molecule has 0 atom stereocenters. The van der Waals surface area contributed by atoms with Crippen molar-refractivity contribution in [3.05, 3.63) is 22.4 Å². The lowest BCUT2D eigenvalue weighted by Gasteiger charge is -1.90. The minimum Gasteiger partial charge on any atom is -0.211 e. The molecule has 14 heavy (non-hydrogen) atoms. The van der Waals surface area contributed by atoms with Gasteiger partial charge in [0, 0.05) is 0 Å². The van der Waals surface area contributed by atoms with Crippen LogP contribution in [0.3, 0.4) is 0 Å². The topological polar surface area (TPSA) is 54.1 Å². The Morgan fingerprint density at radius 2 is 2.21 bits per heavy atom. The van der Waals surface area contributed by atoms with Gasteiger partial charge in [-0.2, -0.15) is 10.1 Å². The molecule has 0 amide bonds. The molecular formula is C9H9N3OS. The molecule has 1 heterocycles. The number of nitrogens with zero attached hydrogens (tertiary/aromatic N) is 3. The van der Waals surface area contributed by atoms with E-state index in [4.69, 9.17) is 0 Å². The maximum atomic E-state index is 9.87. The Hall–Kier alpha value is -1.58. The fraction of sp³-hybridized carbons (Fsp3) is 0.222. The molecule has 4 nitrogen and oxygen atoms in total. The number of carbonyl (C=O) groups excluding carboxylic acids is 1. The molecule has 72 valence electrons. The van der Waals surface area contributed by atoms with Crippen LogP contribution >= 0.6 is 11.3 Å². The third-order valence-corrected chi connectivity index (χ3v) is 2.41. The fourth-order valence-corrected chi connectivity index (χ4v) is 1.44. The van der Waals surface area contributed by atoms with E-state index in [9.17, 15) is 4.79 Å². The number of hydrogen-bond acceptors (Lipinski definition) is 4. The SMILES string of the molecule is C/C(N=C=O)=N\N=C(/C)c1cccs1. The lowest BCUT2D eigenvalue weighted by Crippen LogP contribution is -1.90. The van der Waals surface area contributed by atoms with Crippen LogP contribution in [0.1, 0.15) is 18.7 Å². The van der Waals surface area contributed by atoms with Gasteiger partial charge in [-0.1, -0.05) is 6.07 Å². The van der Waals surface area contributed by atoms with Crippen LogP contribution in [0.25, 0.3) is 0 Å². The van der Waals surface area contributed by atoms with Crippen molar-refractivity contribution in [2.24, 2.45) is 15.2 Å². The van der Waals surface area contributed by atoms with E-state index in [0.29, 0.717) is 5.84 Å². The molecule has 0 aliphatic heterocycles. The summed E-state index contributed by atoms with van der Waals surface area (Å²) in [5, 5.41) is 9.65. The summed E-state index contributed by atoms with van der Waals surface area (Å²) in [6.45, 7) is 3.45. The van der Waals surface area contributed by atoms with Crippen LogP contribution in [-0.2, 0) is 4.79 Å². The molecule has 0 aromatic carbocycles. The second-order valence-electron chi connectivity index (χ2n) is 2.51. The van der Waals surface area contributed by atoms with Crippen molar-refractivity contribution in [3.63, 3.8) is 0 Å². The molecule has 0 unspecified atom stereocenters. The van der Waals surface area contributed by atoms with Crippen LogP contribution in [0.4, 0.5) is 0 Å². The molecule has 1 aromatic heterocycles. The zero-order valence-electron chi connectivity index (χ0n) is 7.89. The Bertz CT molecular complexity index is 400. The molecule has 0 saturated heterocycles. The molecule has 0 N–H and O–H groups in total. The number of rotatable bonds is 2. The Labute approximate surface area is 85.7 Å². The van der Waals surface area contributed by atoms with E-state index in [0.717, 1.165) is 10.6 Å². The van der Waals surface area contributed by atoms with Gasteiger partial charge in [0.15, 0.2) is 5.84 Å². The lowest BCUT2D eigenvalue weighted by molar-refractivity contribution is 0.565. The number of aliphatic imine (C=N–C) groups is 1. The van der Waals surface area contributed by atoms with Crippen LogP contribution in [0.5, 0.6) is 0 Å². The van der Waals surface area contributed by atoms with Crippen molar-refractivity contribution in [1.82, 2.24) is 0 Å². The summed E-state index contributed by atoms with van der Waals surface area (Å²) in [4.78, 5) is 14.2. The summed E-state index contributed by atoms with van der Waals surface area (Å²) in [7, 11) is 0. The highest BCUT2D eigenvalue weighted by Gasteiger charge is 1.96. The van der Waals surface area contributed by atoms with E-state index < -0.39 is 0 Å². The Balaban J connectivity index is 2.80. The second kappa shape index (κ2) is 5.21. The smallest absolute Gasteiger partial charge is 0.211 e. The standard InChI is InChI=1S/C9H9N3OS/c1-7(9-4-3-5-14-9)11-12-8(2)10-6-13/h3-5H,1-2H3/b11-7+,12-8+. The first-order valence-electron chi connectivity index (χ1n) is 3.94. The number of thiophene rings is 1. The van der Waals surface area contributed by atoms with Crippen LogP contribution in [-0.4, -0.2) is 17.6 Å². The average molecular weight is 207 g/mol. The predicted molar refractivity (Wildman–Crippen MR) is 57.8 cm³/mol. The highest BCUT2D eigenvalue weighted by Crippen LogP contribution is 2.09. The summed E-state index contributed by atoms with van der Waals surface area (Å²) in [6, 6.07) is 3.90. The van der Waals surface area contributed by atoms with Gasteiger partial charge in [0.1, 0.15) is 0 Å². The first kappa shape index (κ1) is 10.5. The average Bonchev–Trinajstić information content (AvgIpc) is 2.67. The van der Waals surface area contributed by atoms with Gasteiger partial charge in [-0.15, -0.1) is 16.4 Å². The molecule has 0 spiro atoms. The Morgan fingerprint density at radius 1 is 1.43 bits per heavy atom. The highest BCUT2D eigenvalue weighted by atomic mass is 32.1. The van der Waals surface area contributed by atoms with Gasteiger partial charge in [0.2, 0.25) is 6.08 Å². The maximum Gasteiger partial charge on any atom is 0.241 e. The molecule has 5 heteroatoms. The molecular weight excluding hydrogens is 198 g/mol. The van der Waals surface area contributed by atoms with E-state index in [1.54, 1.807) is 18.3 Å². The summed E-state index contributed by atoms with van der Waals surface area (Å²) in [5.74, 6) is 0.302. The largest absolute Gasteiger partial charge is 0.241 e. The van der Waals surface area contributed by atoms with Crippen molar-refractivity contribution in [1.29, 1.82) is 0 Å². The predicted octanol–water partition coefficient (Wildman–Crippen LogP) is 2.23. The quantitative estimate of drug-likeness (QED) is 0.317. The summed E-state index contributed by atoms with van der Waals surface area (Å²) >= 11 is 1.59. The highest BCUT2D eigenvalue weighted by molar-refractivity contribution is 7.12. The van der Waals surface area contributed by atoms with Gasteiger partial charge in [0.05, 0.1) is 10.6 Å². The van der Waals surface area contributed by atoms with E-state index in [1.165, 1.54) is 6.08 Å². The number of isocyanates is 1. The Kier molecular flexibility index (Phi) is 3.91. The molecule has 0 aliphatic rings. The van der Waals surface area contributed by atoms with Crippen molar-refractivity contribution in [3.8, 4) is 0 Å². The number of amidine groups is 1. The molecule has 0 bridgehead atoms. The van der Waals surface area contributed by atoms with Gasteiger partial charge in [0.25, 0.3) is 0 Å². The summed E-state index contributed by atoms with van der Waals surface area (Å²) in [5.41, 5.74) is 0.806. The van der Waals surface area contributed by atoms with E-state index in [2.05, 4.69) is 15.2 Å². The molecule has 1 rings (SSSR count). The van der Waals surface area contributed by atoms with Crippen molar-refractivity contribution < 1.29 is 4.79 Å². The Morgan fingerprint density at radius 3 is 2.79 bits per heavy atom. The third-order valence-electron chi connectivity index (χ3n) is 1.43. The molecule has 0 saturated carbocycles. The van der Waals surface area contributed by atoms with Crippen LogP contribution in [0.2, 0.25) is 0 Å². The van der Waals surface area contributed by atoms with Crippen molar-refractivity contribution >= 4 is 29.0 Å². The maximum absolute atomic E-state index is 9.87. The van der Waals surface area contributed by atoms with Gasteiger partial charge < -0.3 is 0 Å². The fourth-order valence-electron chi connectivity index (χ4n) is 0.769. The van der Waals surface area contributed by atoms with E-state index >= 15 is 0 Å². The zero-order valence-corrected chi connectivity index (χ0v) is 8.71.